The summed E-state index contributed by atoms with van der Waals surface area (Å²) in [7, 11) is 0. The zero-order valence-electron chi connectivity index (χ0n) is 11.5. The fourth-order valence-electron chi connectivity index (χ4n) is 1.91. The van der Waals surface area contributed by atoms with Crippen LogP contribution < -0.4 is 5.32 Å². The molecule has 6 heteroatoms. The van der Waals surface area contributed by atoms with E-state index in [9.17, 15) is 4.79 Å². The predicted octanol–water partition coefficient (Wildman–Crippen LogP) is 2.77. The van der Waals surface area contributed by atoms with Crippen molar-refractivity contribution in [2.45, 2.75) is 13.5 Å². The molecule has 0 aliphatic heterocycles. The van der Waals surface area contributed by atoms with E-state index in [0.717, 1.165) is 22.0 Å². The molecule has 2 aromatic heterocycles. The van der Waals surface area contributed by atoms with E-state index in [4.69, 9.17) is 0 Å². The molecule has 3 aromatic rings. The summed E-state index contributed by atoms with van der Waals surface area (Å²) in [6.45, 7) is 2.41. The molecule has 0 fully saturated rings. The van der Waals surface area contributed by atoms with Crippen molar-refractivity contribution >= 4 is 17.2 Å². The van der Waals surface area contributed by atoms with Crippen LogP contribution in [0.5, 0.6) is 0 Å². The van der Waals surface area contributed by atoms with Crippen molar-refractivity contribution in [2.75, 3.05) is 0 Å². The van der Waals surface area contributed by atoms with Crippen molar-refractivity contribution in [1.82, 2.24) is 20.5 Å². The minimum Gasteiger partial charge on any atom is -0.346 e. The second kappa shape index (κ2) is 5.88. The molecule has 0 unspecified atom stereocenters. The third kappa shape index (κ3) is 3.17. The topological polar surface area (TPSA) is 70.7 Å². The van der Waals surface area contributed by atoms with Crippen LogP contribution in [0.25, 0.3) is 10.6 Å². The quantitative estimate of drug-likeness (QED) is 0.778. The molecule has 3 rings (SSSR count). The lowest BCUT2D eigenvalue weighted by Crippen LogP contribution is -2.22. The molecule has 5 nitrogen and oxygen atoms in total. The Bertz CT molecular complexity index is 731. The van der Waals surface area contributed by atoms with Crippen LogP contribution in [-0.4, -0.2) is 21.1 Å². The normalized spacial score (nSPS) is 10.5. The van der Waals surface area contributed by atoms with E-state index in [1.165, 1.54) is 0 Å². The van der Waals surface area contributed by atoms with E-state index in [0.29, 0.717) is 12.1 Å². The smallest absolute Gasteiger partial charge is 0.251 e. The predicted molar refractivity (Wildman–Crippen MR) is 82.0 cm³/mol. The van der Waals surface area contributed by atoms with Crippen LogP contribution in [0.3, 0.4) is 0 Å². The van der Waals surface area contributed by atoms with Gasteiger partial charge >= 0.3 is 0 Å². The summed E-state index contributed by atoms with van der Waals surface area (Å²) < 4.78 is 0. The zero-order valence-corrected chi connectivity index (χ0v) is 12.3. The van der Waals surface area contributed by atoms with E-state index in [1.807, 2.05) is 42.6 Å². The number of aryl methyl sites for hydroxylation is 1. The van der Waals surface area contributed by atoms with Crippen molar-refractivity contribution in [3.63, 3.8) is 0 Å². The maximum absolute atomic E-state index is 12.0. The zero-order chi connectivity index (χ0) is 14.7. The van der Waals surface area contributed by atoms with Crippen LogP contribution in [0.4, 0.5) is 0 Å². The van der Waals surface area contributed by atoms with Gasteiger partial charge in [-0.2, -0.15) is 5.10 Å². The molecule has 0 saturated carbocycles. The first-order chi connectivity index (χ1) is 10.2. The van der Waals surface area contributed by atoms with Gasteiger partial charge in [-0.25, -0.2) is 4.98 Å². The van der Waals surface area contributed by atoms with Gasteiger partial charge in [0, 0.05) is 28.4 Å². The first-order valence-corrected chi connectivity index (χ1v) is 7.39. The van der Waals surface area contributed by atoms with Crippen molar-refractivity contribution in [3.8, 4) is 10.6 Å². The standard InChI is InChI=1S/C15H14N4OS/c1-10-9-21-15(18-10)12-4-2-11(3-5-12)14(20)16-8-13-6-7-17-19-13/h2-7,9H,8H2,1H3,(H,16,20)(H,17,19). The Kier molecular flexibility index (Phi) is 3.79. The lowest BCUT2D eigenvalue weighted by atomic mass is 10.1. The summed E-state index contributed by atoms with van der Waals surface area (Å²) in [5.41, 5.74) is 3.54. The molecule has 0 bridgehead atoms. The number of rotatable bonds is 4. The first-order valence-electron chi connectivity index (χ1n) is 6.51. The number of carbonyl (C=O) groups excluding carboxylic acids is 1. The number of aromatic nitrogens is 3. The van der Waals surface area contributed by atoms with E-state index in [1.54, 1.807) is 17.5 Å². The number of hydrogen-bond donors (Lipinski definition) is 2. The van der Waals surface area contributed by atoms with Crippen LogP contribution in [0.2, 0.25) is 0 Å². The Balaban J connectivity index is 1.67. The molecule has 2 heterocycles. The van der Waals surface area contributed by atoms with E-state index in [-0.39, 0.29) is 5.91 Å². The lowest BCUT2D eigenvalue weighted by Gasteiger charge is -2.04. The Morgan fingerprint density at radius 2 is 2.10 bits per heavy atom. The molecule has 0 spiro atoms. The van der Waals surface area contributed by atoms with Crippen LogP contribution in [0.1, 0.15) is 21.7 Å². The van der Waals surface area contributed by atoms with E-state index in [2.05, 4.69) is 20.5 Å². The van der Waals surface area contributed by atoms with Gasteiger partial charge in [-0.1, -0.05) is 12.1 Å². The molecule has 0 aliphatic carbocycles. The number of H-pyrrole nitrogens is 1. The third-order valence-electron chi connectivity index (χ3n) is 3.01. The Hall–Kier alpha value is -2.47. The number of amides is 1. The van der Waals surface area contributed by atoms with Gasteiger partial charge in [0.1, 0.15) is 5.01 Å². The molecule has 21 heavy (non-hydrogen) atoms. The lowest BCUT2D eigenvalue weighted by molar-refractivity contribution is 0.0950. The number of nitrogens with zero attached hydrogens (tertiary/aromatic N) is 2. The number of aromatic amines is 1. The summed E-state index contributed by atoms with van der Waals surface area (Å²) in [4.78, 5) is 16.5. The Morgan fingerprint density at radius 3 is 2.71 bits per heavy atom. The molecular formula is C15H14N4OS. The number of thiazole rings is 1. The fraction of sp³-hybridized carbons (Fsp3) is 0.133. The van der Waals surface area contributed by atoms with Gasteiger partial charge < -0.3 is 5.32 Å². The van der Waals surface area contributed by atoms with Crippen LogP contribution in [0, 0.1) is 6.92 Å². The molecule has 2 N–H and O–H groups in total. The molecule has 0 saturated heterocycles. The second-order valence-corrected chi connectivity index (χ2v) is 5.49. The monoisotopic (exact) mass is 298 g/mol. The number of benzene rings is 1. The summed E-state index contributed by atoms with van der Waals surface area (Å²) in [5.74, 6) is -0.105. The molecule has 106 valence electrons. The highest BCUT2D eigenvalue weighted by molar-refractivity contribution is 7.13. The van der Waals surface area contributed by atoms with Gasteiger partial charge in [0.15, 0.2) is 0 Å². The maximum Gasteiger partial charge on any atom is 0.251 e. The third-order valence-corrected chi connectivity index (χ3v) is 4.02. The van der Waals surface area contributed by atoms with Crippen molar-refractivity contribution in [1.29, 1.82) is 0 Å². The molecule has 0 aliphatic rings. The second-order valence-electron chi connectivity index (χ2n) is 4.64. The van der Waals surface area contributed by atoms with Gasteiger partial charge in [-0.3, -0.25) is 9.89 Å². The van der Waals surface area contributed by atoms with Gasteiger partial charge in [0.05, 0.1) is 12.2 Å². The fourth-order valence-corrected chi connectivity index (χ4v) is 2.72. The minimum atomic E-state index is -0.105. The van der Waals surface area contributed by atoms with Crippen molar-refractivity contribution in [2.24, 2.45) is 0 Å². The summed E-state index contributed by atoms with van der Waals surface area (Å²) in [5, 5.41) is 12.5. The highest BCUT2D eigenvalue weighted by atomic mass is 32.1. The minimum absolute atomic E-state index is 0.105. The number of hydrogen-bond acceptors (Lipinski definition) is 4. The molecule has 1 amide bonds. The van der Waals surface area contributed by atoms with Gasteiger partial charge in [-0.15, -0.1) is 11.3 Å². The summed E-state index contributed by atoms with van der Waals surface area (Å²) in [6, 6.07) is 9.30. The summed E-state index contributed by atoms with van der Waals surface area (Å²) >= 11 is 1.60. The molecule has 0 radical (unpaired) electrons. The largest absolute Gasteiger partial charge is 0.346 e. The maximum atomic E-state index is 12.0. The Labute approximate surface area is 126 Å². The average molecular weight is 298 g/mol. The number of carbonyl (C=O) groups is 1. The van der Waals surface area contributed by atoms with Crippen molar-refractivity contribution in [3.05, 3.63) is 58.9 Å². The summed E-state index contributed by atoms with van der Waals surface area (Å²) in [6.07, 6.45) is 1.66. The van der Waals surface area contributed by atoms with E-state index < -0.39 is 0 Å². The number of nitrogens with one attached hydrogen (secondary N) is 2. The van der Waals surface area contributed by atoms with Gasteiger partial charge in [0.2, 0.25) is 0 Å². The Morgan fingerprint density at radius 1 is 1.29 bits per heavy atom. The van der Waals surface area contributed by atoms with Gasteiger partial charge in [0.25, 0.3) is 5.91 Å². The van der Waals surface area contributed by atoms with Crippen LogP contribution >= 0.6 is 11.3 Å². The average Bonchev–Trinajstić information content (AvgIpc) is 3.16. The van der Waals surface area contributed by atoms with Gasteiger partial charge in [-0.05, 0) is 25.1 Å². The molecular weight excluding hydrogens is 284 g/mol. The van der Waals surface area contributed by atoms with E-state index >= 15 is 0 Å². The van der Waals surface area contributed by atoms with Crippen LogP contribution in [-0.2, 0) is 6.54 Å². The van der Waals surface area contributed by atoms with Crippen LogP contribution in [0.15, 0.2) is 41.9 Å². The highest BCUT2D eigenvalue weighted by Gasteiger charge is 2.07. The molecule has 1 aromatic carbocycles. The van der Waals surface area contributed by atoms with Crippen molar-refractivity contribution < 1.29 is 4.79 Å². The first kappa shape index (κ1) is 13.5. The SMILES string of the molecule is Cc1csc(-c2ccc(C(=O)NCc3ccn[nH]3)cc2)n1. The molecule has 0 atom stereocenters. The highest BCUT2D eigenvalue weighted by Crippen LogP contribution is 2.23.